The van der Waals surface area contributed by atoms with Gasteiger partial charge in [0, 0.05) is 17.7 Å². The monoisotopic (exact) mass is 230 g/mol. The number of hydrogen-bond donors (Lipinski definition) is 0. The average Bonchev–Trinajstić information content (AvgIpc) is 2.38. The second kappa shape index (κ2) is 5.34. The Morgan fingerprint density at radius 2 is 1.88 bits per heavy atom. The first kappa shape index (κ1) is 11.5. The Morgan fingerprint density at radius 3 is 2.53 bits per heavy atom. The van der Waals surface area contributed by atoms with Gasteiger partial charge < -0.3 is 4.74 Å². The molecule has 0 saturated heterocycles. The molecule has 0 aliphatic carbocycles. The average molecular weight is 230 g/mol. The summed E-state index contributed by atoms with van der Waals surface area (Å²) in [5.74, 6) is 0.835. The number of methoxy groups -OCH3 is 1. The summed E-state index contributed by atoms with van der Waals surface area (Å²) in [5, 5.41) is 0. The lowest BCUT2D eigenvalue weighted by molar-refractivity contribution is -0.899. The van der Waals surface area contributed by atoms with Crippen molar-refractivity contribution in [2.24, 2.45) is 0 Å². The predicted octanol–water partition coefficient (Wildman–Crippen LogP) is 1.92. The van der Waals surface area contributed by atoms with Gasteiger partial charge in [0.25, 0.3) is 0 Å². The van der Waals surface area contributed by atoms with Crippen molar-refractivity contribution in [1.29, 1.82) is 0 Å². The highest BCUT2D eigenvalue weighted by Crippen LogP contribution is 2.07. The molecule has 0 fully saturated rings. The molecule has 0 radical (unpaired) electrons. The molecule has 0 N–H and O–H groups in total. The molecule has 3 nitrogen and oxygen atoms in total. The molecule has 0 aliphatic heterocycles. The number of aromatic nitrogens is 1. The van der Waals surface area contributed by atoms with Gasteiger partial charge in [-0.2, -0.15) is 0 Å². The van der Waals surface area contributed by atoms with Gasteiger partial charge in [0.1, 0.15) is 5.75 Å². The van der Waals surface area contributed by atoms with Crippen molar-refractivity contribution < 1.29 is 14.3 Å². The van der Waals surface area contributed by atoms with Crippen molar-refractivity contribution >= 4 is 0 Å². The van der Waals surface area contributed by atoms with Gasteiger partial charge in [0.05, 0.1) is 13.2 Å². The smallest absolute Gasteiger partial charge is 0.235 e. The minimum atomic E-state index is 0.554. The highest BCUT2D eigenvalue weighted by molar-refractivity contribution is 5.18. The fourth-order valence-corrected chi connectivity index (χ4v) is 1.57. The molecule has 88 valence electrons. The van der Waals surface area contributed by atoms with Crippen LogP contribution in [0.2, 0.25) is 0 Å². The summed E-state index contributed by atoms with van der Waals surface area (Å²) in [7, 11) is 1.66. The van der Waals surface area contributed by atoms with E-state index in [4.69, 9.17) is 9.57 Å². The third-order valence-electron chi connectivity index (χ3n) is 2.52. The maximum Gasteiger partial charge on any atom is 0.235 e. The Balaban J connectivity index is 2.04. The molecule has 0 aliphatic rings. The highest BCUT2D eigenvalue weighted by Gasteiger charge is 2.09. The normalized spacial score (nSPS) is 10.0. The van der Waals surface area contributed by atoms with E-state index in [1.54, 1.807) is 11.8 Å². The van der Waals surface area contributed by atoms with Crippen molar-refractivity contribution in [3.8, 4) is 5.75 Å². The molecule has 0 amide bonds. The van der Waals surface area contributed by atoms with E-state index in [-0.39, 0.29) is 0 Å². The molecule has 0 spiro atoms. The summed E-state index contributed by atoms with van der Waals surface area (Å²) in [6.07, 6.45) is 1.86. The largest absolute Gasteiger partial charge is 0.496 e. The maximum absolute atomic E-state index is 5.68. The highest BCUT2D eigenvalue weighted by atomic mass is 16.7. The molecule has 1 heterocycles. The van der Waals surface area contributed by atoms with Gasteiger partial charge in [-0.25, -0.2) is 0 Å². The summed E-state index contributed by atoms with van der Waals surface area (Å²) in [6, 6.07) is 13.9. The quantitative estimate of drug-likeness (QED) is 0.749. The summed E-state index contributed by atoms with van der Waals surface area (Å²) in [5.41, 5.74) is 2.15. The third kappa shape index (κ3) is 2.97. The number of rotatable bonds is 4. The lowest BCUT2D eigenvalue weighted by Crippen LogP contribution is -2.44. The van der Waals surface area contributed by atoms with Crippen molar-refractivity contribution in [3.63, 3.8) is 0 Å². The molecule has 1 aromatic heterocycles. The van der Waals surface area contributed by atoms with Crippen LogP contribution in [0.5, 0.6) is 5.75 Å². The minimum absolute atomic E-state index is 0.554. The zero-order chi connectivity index (χ0) is 12.1. The van der Waals surface area contributed by atoms with E-state index in [1.807, 2.05) is 55.6 Å². The van der Waals surface area contributed by atoms with Gasteiger partial charge in [-0.1, -0.05) is 30.3 Å². The van der Waals surface area contributed by atoms with Crippen molar-refractivity contribution in [1.82, 2.24) is 0 Å². The number of ether oxygens (including phenoxy) is 1. The number of nitrogens with zero attached hydrogens (tertiary/aromatic N) is 1. The number of pyridine rings is 1. The molecule has 2 rings (SSSR count). The van der Waals surface area contributed by atoms with E-state index in [9.17, 15) is 0 Å². The van der Waals surface area contributed by atoms with Crippen LogP contribution in [0.15, 0.2) is 48.7 Å². The van der Waals surface area contributed by atoms with Crippen LogP contribution >= 0.6 is 0 Å². The first-order valence-electron chi connectivity index (χ1n) is 5.53. The minimum Gasteiger partial charge on any atom is -0.496 e. The third-order valence-corrected chi connectivity index (χ3v) is 2.52. The maximum atomic E-state index is 5.68. The first-order valence-corrected chi connectivity index (χ1v) is 5.53. The Morgan fingerprint density at radius 1 is 1.12 bits per heavy atom. The molecule has 1 aromatic carbocycles. The fourth-order valence-electron chi connectivity index (χ4n) is 1.57. The van der Waals surface area contributed by atoms with E-state index in [1.165, 1.54) is 0 Å². The van der Waals surface area contributed by atoms with E-state index < -0.39 is 0 Å². The zero-order valence-electron chi connectivity index (χ0n) is 10.1. The van der Waals surface area contributed by atoms with Crippen LogP contribution in [-0.2, 0) is 6.61 Å². The second-order valence-corrected chi connectivity index (χ2v) is 3.79. The molecule has 0 unspecified atom stereocenters. The number of benzene rings is 1. The summed E-state index contributed by atoms with van der Waals surface area (Å²) in [6.45, 7) is 2.53. The predicted molar refractivity (Wildman–Crippen MR) is 64.7 cm³/mol. The van der Waals surface area contributed by atoms with Crippen molar-refractivity contribution in [2.45, 2.75) is 13.5 Å². The Bertz CT molecular complexity index is 483. The van der Waals surface area contributed by atoms with Crippen LogP contribution in [-0.4, -0.2) is 7.11 Å². The molecule has 3 heteroatoms. The van der Waals surface area contributed by atoms with Crippen LogP contribution < -0.4 is 14.3 Å². The first-order chi connectivity index (χ1) is 8.29. The van der Waals surface area contributed by atoms with Gasteiger partial charge >= 0.3 is 0 Å². The van der Waals surface area contributed by atoms with Crippen LogP contribution in [0, 0.1) is 6.92 Å². The van der Waals surface area contributed by atoms with Crippen molar-refractivity contribution in [3.05, 3.63) is 59.9 Å². The van der Waals surface area contributed by atoms with E-state index >= 15 is 0 Å². The Kier molecular flexibility index (Phi) is 3.60. The standard InChI is InChI=1S/C14H16NO2/c1-12-10-14(16-2)8-9-15(12)17-11-13-6-4-3-5-7-13/h3-10H,11H2,1-2H3/q+1. The number of hydrogen-bond acceptors (Lipinski definition) is 2. The molecule has 17 heavy (non-hydrogen) atoms. The molecular formula is C14H16NO2+. The van der Waals surface area contributed by atoms with Crippen LogP contribution in [0.3, 0.4) is 0 Å². The molecular weight excluding hydrogens is 214 g/mol. The van der Waals surface area contributed by atoms with Gasteiger partial charge in [0.15, 0.2) is 6.61 Å². The summed E-state index contributed by atoms with van der Waals surface area (Å²) in [4.78, 5) is 5.68. The van der Waals surface area contributed by atoms with Crippen LogP contribution in [0.4, 0.5) is 0 Å². The van der Waals surface area contributed by atoms with E-state index in [0.29, 0.717) is 6.61 Å². The molecule has 0 bridgehead atoms. The van der Waals surface area contributed by atoms with Gasteiger partial charge in [-0.3, -0.25) is 4.84 Å². The SMILES string of the molecule is COc1cc[n+](OCc2ccccc2)c(C)c1. The van der Waals surface area contributed by atoms with Gasteiger partial charge in [-0.05, 0) is 5.56 Å². The van der Waals surface area contributed by atoms with Crippen molar-refractivity contribution in [2.75, 3.05) is 7.11 Å². The Hall–Kier alpha value is -2.03. The van der Waals surface area contributed by atoms with Gasteiger partial charge in [0.2, 0.25) is 11.9 Å². The Labute approximate surface area is 101 Å². The van der Waals surface area contributed by atoms with Crippen LogP contribution in [0.1, 0.15) is 11.3 Å². The van der Waals surface area contributed by atoms with Crippen LogP contribution in [0.25, 0.3) is 0 Å². The fraction of sp³-hybridized carbons (Fsp3) is 0.214. The second-order valence-electron chi connectivity index (χ2n) is 3.79. The summed E-state index contributed by atoms with van der Waals surface area (Å²) >= 11 is 0. The zero-order valence-corrected chi connectivity index (χ0v) is 10.1. The summed E-state index contributed by atoms with van der Waals surface area (Å²) < 4.78 is 6.89. The van der Waals surface area contributed by atoms with E-state index in [2.05, 4.69) is 0 Å². The molecule has 0 atom stereocenters. The lowest BCUT2D eigenvalue weighted by atomic mass is 10.2. The van der Waals surface area contributed by atoms with E-state index in [0.717, 1.165) is 17.0 Å². The lowest BCUT2D eigenvalue weighted by Gasteiger charge is -2.03. The number of aryl methyl sites for hydroxylation is 1. The molecule has 2 aromatic rings. The molecule has 0 saturated carbocycles. The van der Waals surface area contributed by atoms with Gasteiger partial charge in [-0.15, -0.1) is 0 Å². The topological polar surface area (TPSA) is 22.3 Å².